The molecule has 2 rings (SSSR count). The number of aromatic nitrogens is 4. The molecular formula is C9H12N6O. The lowest BCUT2D eigenvalue weighted by molar-refractivity contribution is 0.411. The minimum atomic E-state index is 0.470. The molecule has 0 fully saturated rings. The van der Waals surface area contributed by atoms with Crippen LogP contribution in [0.2, 0.25) is 0 Å². The lowest BCUT2D eigenvalue weighted by atomic mass is 10.3. The maximum Gasteiger partial charge on any atom is 0.213 e. The van der Waals surface area contributed by atoms with Crippen LogP contribution >= 0.6 is 0 Å². The predicted molar refractivity (Wildman–Crippen MR) is 57.9 cm³/mol. The molecule has 0 aliphatic carbocycles. The van der Waals surface area contributed by atoms with Gasteiger partial charge in [0.15, 0.2) is 5.82 Å². The molecule has 0 aromatic carbocycles. The summed E-state index contributed by atoms with van der Waals surface area (Å²) < 4.78 is 4.63. The van der Waals surface area contributed by atoms with Gasteiger partial charge in [-0.3, -0.25) is 0 Å². The molecule has 0 atom stereocenters. The van der Waals surface area contributed by atoms with E-state index >= 15 is 0 Å². The summed E-state index contributed by atoms with van der Waals surface area (Å²) in [5.41, 5.74) is 0.952. The summed E-state index contributed by atoms with van der Waals surface area (Å²) in [6.07, 6.45) is 2.79. The molecule has 0 bridgehead atoms. The number of anilines is 2. The Bertz CT molecular complexity index is 455. The average molecular weight is 220 g/mol. The highest BCUT2D eigenvalue weighted by atomic mass is 16.5. The first-order chi connectivity index (χ1) is 7.81. The molecule has 2 N–H and O–H groups in total. The minimum Gasteiger partial charge on any atom is -0.373 e. The van der Waals surface area contributed by atoms with Crippen LogP contribution in [0.15, 0.2) is 17.2 Å². The fraction of sp³-hybridized carbons (Fsp3) is 0.333. The normalized spacial score (nSPS) is 10.1. The van der Waals surface area contributed by atoms with Crippen LogP contribution in [-0.2, 0) is 6.54 Å². The fourth-order valence-electron chi connectivity index (χ4n) is 1.31. The Morgan fingerprint density at radius 2 is 2.06 bits per heavy atom. The largest absolute Gasteiger partial charge is 0.373 e. The van der Waals surface area contributed by atoms with E-state index in [1.165, 1.54) is 12.7 Å². The number of nitrogens with zero attached hydrogens (tertiary/aromatic N) is 4. The molecule has 0 saturated carbocycles. The smallest absolute Gasteiger partial charge is 0.213 e. The van der Waals surface area contributed by atoms with Crippen LogP contribution in [0.1, 0.15) is 11.4 Å². The van der Waals surface area contributed by atoms with Gasteiger partial charge < -0.3 is 15.2 Å². The van der Waals surface area contributed by atoms with Crippen LogP contribution in [0.5, 0.6) is 0 Å². The Hall–Kier alpha value is -2.18. The average Bonchev–Trinajstić information content (AvgIpc) is 2.81. The quantitative estimate of drug-likeness (QED) is 0.788. The number of rotatable bonds is 4. The van der Waals surface area contributed by atoms with Crippen LogP contribution in [-0.4, -0.2) is 27.2 Å². The summed E-state index contributed by atoms with van der Waals surface area (Å²) in [4.78, 5) is 12.1. The molecule has 0 aliphatic heterocycles. The van der Waals surface area contributed by atoms with Gasteiger partial charge >= 0.3 is 0 Å². The number of hydrogen-bond donors (Lipinski definition) is 2. The first-order valence-corrected chi connectivity index (χ1v) is 4.79. The van der Waals surface area contributed by atoms with Crippen molar-refractivity contribution in [2.45, 2.75) is 13.5 Å². The third kappa shape index (κ3) is 2.08. The maximum atomic E-state index is 4.63. The van der Waals surface area contributed by atoms with Gasteiger partial charge in [0.1, 0.15) is 18.0 Å². The summed E-state index contributed by atoms with van der Waals surface area (Å²) in [6.45, 7) is 2.40. The molecule has 2 aromatic heterocycles. The molecule has 0 amide bonds. The lowest BCUT2D eigenvalue weighted by Crippen LogP contribution is -2.07. The molecule has 84 valence electrons. The third-order valence-electron chi connectivity index (χ3n) is 2.14. The minimum absolute atomic E-state index is 0.470. The van der Waals surface area contributed by atoms with E-state index in [4.69, 9.17) is 0 Å². The van der Waals surface area contributed by atoms with Crippen LogP contribution in [0, 0.1) is 6.92 Å². The highest BCUT2D eigenvalue weighted by molar-refractivity contribution is 5.55. The Morgan fingerprint density at radius 1 is 1.25 bits per heavy atom. The standard InChI is InChI=1S/C9H12N6O/c1-6-8(10-2)12-4-13-9(6)11-3-7-14-5-16-15-7/h4-5H,3H2,1-2H3,(H2,10,11,12,13). The van der Waals surface area contributed by atoms with Gasteiger partial charge in [0.2, 0.25) is 6.39 Å². The van der Waals surface area contributed by atoms with Crippen LogP contribution in [0.4, 0.5) is 11.6 Å². The molecule has 2 heterocycles. The molecule has 7 nitrogen and oxygen atoms in total. The Balaban J connectivity index is 2.09. The number of nitrogens with one attached hydrogen (secondary N) is 2. The van der Waals surface area contributed by atoms with Gasteiger partial charge in [0.25, 0.3) is 0 Å². The van der Waals surface area contributed by atoms with Gasteiger partial charge in [-0.2, -0.15) is 4.98 Å². The van der Waals surface area contributed by atoms with Crippen LogP contribution in [0.25, 0.3) is 0 Å². The molecule has 0 aliphatic rings. The highest BCUT2D eigenvalue weighted by Gasteiger charge is 2.06. The Morgan fingerprint density at radius 3 is 2.75 bits per heavy atom. The van der Waals surface area contributed by atoms with Crippen molar-refractivity contribution in [3.05, 3.63) is 24.1 Å². The van der Waals surface area contributed by atoms with Crippen LogP contribution in [0.3, 0.4) is 0 Å². The fourth-order valence-corrected chi connectivity index (χ4v) is 1.31. The van der Waals surface area contributed by atoms with E-state index < -0.39 is 0 Å². The first kappa shape index (κ1) is 10.3. The van der Waals surface area contributed by atoms with Crippen molar-refractivity contribution in [3.63, 3.8) is 0 Å². The summed E-state index contributed by atoms with van der Waals surface area (Å²) in [5.74, 6) is 2.14. The van der Waals surface area contributed by atoms with Gasteiger partial charge in [-0.15, -0.1) is 0 Å². The molecule has 0 radical (unpaired) electrons. The van der Waals surface area contributed by atoms with E-state index in [1.54, 1.807) is 0 Å². The van der Waals surface area contributed by atoms with E-state index in [0.717, 1.165) is 17.2 Å². The van der Waals surface area contributed by atoms with E-state index in [9.17, 15) is 0 Å². The topological polar surface area (TPSA) is 88.8 Å². The van der Waals surface area contributed by atoms with Gasteiger partial charge in [-0.1, -0.05) is 5.16 Å². The van der Waals surface area contributed by atoms with E-state index in [0.29, 0.717) is 12.4 Å². The monoisotopic (exact) mass is 220 g/mol. The van der Waals surface area contributed by atoms with Gasteiger partial charge in [0.05, 0.1) is 6.54 Å². The predicted octanol–water partition coefficient (Wildman–Crippen LogP) is 0.822. The van der Waals surface area contributed by atoms with Gasteiger partial charge in [-0.05, 0) is 6.92 Å². The Labute approximate surface area is 92.3 Å². The lowest BCUT2D eigenvalue weighted by Gasteiger charge is -2.09. The van der Waals surface area contributed by atoms with Crippen molar-refractivity contribution in [2.24, 2.45) is 0 Å². The molecular weight excluding hydrogens is 208 g/mol. The zero-order chi connectivity index (χ0) is 11.4. The SMILES string of the molecule is CNc1ncnc(NCc2ncon2)c1C. The van der Waals surface area contributed by atoms with Crippen molar-refractivity contribution in [1.29, 1.82) is 0 Å². The van der Waals surface area contributed by atoms with Gasteiger partial charge in [-0.25, -0.2) is 9.97 Å². The maximum absolute atomic E-state index is 4.63. The van der Waals surface area contributed by atoms with E-state index in [2.05, 4.69) is 35.3 Å². The summed E-state index contributed by atoms with van der Waals surface area (Å²) in [6, 6.07) is 0. The van der Waals surface area contributed by atoms with Crippen molar-refractivity contribution >= 4 is 11.6 Å². The van der Waals surface area contributed by atoms with Crippen molar-refractivity contribution in [1.82, 2.24) is 20.1 Å². The summed E-state index contributed by atoms with van der Waals surface area (Å²) in [5, 5.41) is 9.80. The van der Waals surface area contributed by atoms with Gasteiger partial charge in [0, 0.05) is 12.6 Å². The van der Waals surface area contributed by atoms with Crippen LogP contribution < -0.4 is 10.6 Å². The molecule has 0 unspecified atom stereocenters. The zero-order valence-electron chi connectivity index (χ0n) is 9.06. The second kappa shape index (κ2) is 4.56. The van der Waals surface area contributed by atoms with E-state index in [-0.39, 0.29) is 0 Å². The second-order valence-corrected chi connectivity index (χ2v) is 3.15. The number of hydrogen-bond acceptors (Lipinski definition) is 7. The Kier molecular flexibility index (Phi) is 2.95. The highest BCUT2D eigenvalue weighted by Crippen LogP contribution is 2.17. The summed E-state index contributed by atoms with van der Waals surface area (Å²) in [7, 11) is 1.82. The third-order valence-corrected chi connectivity index (χ3v) is 2.14. The van der Waals surface area contributed by atoms with Crippen molar-refractivity contribution < 1.29 is 4.52 Å². The first-order valence-electron chi connectivity index (χ1n) is 4.79. The summed E-state index contributed by atoms with van der Waals surface area (Å²) >= 11 is 0. The second-order valence-electron chi connectivity index (χ2n) is 3.15. The van der Waals surface area contributed by atoms with E-state index in [1.807, 2.05) is 14.0 Å². The van der Waals surface area contributed by atoms with Crippen molar-refractivity contribution in [3.8, 4) is 0 Å². The molecule has 16 heavy (non-hydrogen) atoms. The molecule has 0 spiro atoms. The zero-order valence-corrected chi connectivity index (χ0v) is 9.06. The molecule has 0 saturated heterocycles. The molecule has 2 aromatic rings. The molecule has 7 heteroatoms. The van der Waals surface area contributed by atoms with Crippen molar-refractivity contribution in [2.75, 3.05) is 17.7 Å².